The summed E-state index contributed by atoms with van der Waals surface area (Å²) < 4.78 is 5.37. The average molecular weight is 457 g/mol. The predicted octanol–water partition coefficient (Wildman–Crippen LogP) is 2.32. The molecule has 2 amide bonds. The number of benzene rings is 1. The molecule has 2 unspecified atom stereocenters. The molecule has 3 aliphatic rings. The van der Waals surface area contributed by atoms with Crippen molar-refractivity contribution in [3.63, 3.8) is 0 Å². The first-order chi connectivity index (χ1) is 16.4. The number of piperidine rings is 1. The van der Waals surface area contributed by atoms with Gasteiger partial charge in [0.1, 0.15) is 11.5 Å². The number of nitrogens with one attached hydrogen (secondary N) is 1. The highest BCUT2D eigenvalue weighted by molar-refractivity contribution is 5.91. The van der Waals surface area contributed by atoms with Crippen LogP contribution in [-0.2, 0) is 14.9 Å². The van der Waals surface area contributed by atoms with Crippen molar-refractivity contribution in [3.8, 4) is 23.4 Å². The summed E-state index contributed by atoms with van der Waals surface area (Å²) in [5, 5.41) is 21.7. The second-order valence-corrected chi connectivity index (χ2v) is 9.19. The van der Waals surface area contributed by atoms with Gasteiger partial charge in [-0.15, -0.1) is 0 Å². The van der Waals surface area contributed by atoms with Gasteiger partial charge in [0.15, 0.2) is 6.19 Å². The molecule has 1 aromatic carbocycles. The number of nitrogens with zero attached hydrogens (tertiary/aromatic N) is 5. The molecule has 1 N–H and O–H groups in total. The molecule has 3 heterocycles. The number of ether oxygens (including phenoxy) is 1. The second kappa shape index (κ2) is 8.03. The van der Waals surface area contributed by atoms with E-state index < -0.39 is 11.5 Å². The first kappa shape index (κ1) is 21.7. The van der Waals surface area contributed by atoms with Crippen molar-refractivity contribution in [2.45, 2.75) is 25.4 Å². The van der Waals surface area contributed by atoms with Gasteiger partial charge >= 0.3 is 6.09 Å². The van der Waals surface area contributed by atoms with Crippen LogP contribution >= 0.6 is 0 Å². The highest BCUT2D eigenvalue weighted by Crippen LogP contribution is 2.62. The number of fused-ring (bicyclic) bond motifs is 1. The molecular formula is C25H24N6O3. The summed E-state index contributed by atoms with van der Waals surface area (Å²) in [7, 11) is 0. The molecule has 3 fully saturated rings. The smallest absolute Gasteiger partial charge is 0.414 e. The molecular weight excluding hydrogens is 432 g/mol. The molecule has 1 saturated carbocycles. The van der Waals surface area contributed by atoms with E-state index >= 15 is 0 Å². The zero-order chi connectivity index (χ0) is 24.0. The molecule has 2 aromatic rings. The predicted molar refractivity (Wildman–Crippen MR) is 122 cm³/mol. The Morgan fingerprint density at radius 3 is 2.53 bits per heavy atom. The number of anilines is 1. The van der Waals surface area contributed by atoms with E-state index in [4.69, 9.17) is 10.00 Å². The Bertz CT molecular complexity index is 1230. The molecule has 5 rings (SSSR count). The van der Waals surface area contributed by atoms with Crippen LogP contribution in [-0.4, -0.2) is 54.2 Å². The largest absolute Gasteiger partial charge is 0.442 e. The molecule has 0 radical (unpaired) electrons. The number of likely N-dealkylation sites (tertiary alicyclic amines) is 1. The zero-order valence-corrected chi connectivity index (χ0v) is 19.0. The molecule has 1 aromatic heterocycles. The Kier molecular flexibility index (Phi) is 5.13. The van der Waals surface area contributed by atoms with Crippen LogP contribution in [0.3, 0.4) is 0 Å². The lowest BCUT2D eigenvalue weighted by molar-refractivity contribution is -0.119. The van der Waals surface area contributed by atoms with Gasteiger partial charge in [-0.25, -0.2) is 4.79 Å². The number of carbonyl (C=O) groups excluding carboxylic acids is 2. The van der Waals surface area contributed by atoms with Crippen LogP contribution in [0.25, 0.3) is 11.1 Å². The number of hydrogen-bond acceptors (Lipinski definition) is 7. The van der Waals surface area contributed by atoms with Gasteiger partial charge < -0.3 is 15.0 Å². The van der Waals surface area contributed by atoms with Crippen molar-refractivity contribution in [2.75, 3.05) is 31.1 Å². The minimum Gasteiger partial charge on any atom is -0.442 e. The lowest BCUT2D eigenvalue weighted by Gasteiger charge is -2.18. The lowest BCUT2D eigenvalue weighted by Crippen LogP contribution is -2.33. The second-order valence-electron chi connectivity index (χ2n) is 9.19. The van der Waals surface area contributed by atoms with Crippen molar-refractivity contribution in [3.05, 3.63) is 47.8 Å². The fourth-order valence-electron chi connectivity index (χ4n) is 5.34. The SMILES string of the molecule is CC(=O)NC[C@H]1CN(c2ccc(-c3ccc(C4(C#N)C5CN(C#N)CC54)nc3)cc2C)C(=O)O1. The minimum absolute atomic E-state index is 0.159. The fraction of sp³-hybridized carbons (Fsp3) is 0.400. The lowest BCUT2D eigenvalue weighted by atomic mass is 9.95. The van der Waals surface area contributed by atoms with Crippen LogP contribution in [0, 0.1) is 41.5 Å². The quantitative estimate of drug-likeness (QED) is 0.685. The summed E-state index contributed by atoms with van der Waals surface area (Å²) in [6.07, 6.45) is 3.14. The standard InChI is InChI=1S/C25H24N6O3/c1-15-7-17(3-5-22(15)31-10-19(34-24(31)33)9-28-16(2)32)18-4-6-23(29-8-18)25(13-26)20-11-30(14-27)12-21(20)25/h3-8,19-21H,9-12H2,1-2H3,(H,28,32)/t19-,20?,21?,25?/m0/s1. The Balaban J connectivity index is 1.31. The summed E-state index contributed by atoms with van der Waals surface area (Å²) in [6.45, 7) is 5.25. The Hall–Kier alpha value is -4.11. The van der Waals surface area contributed by atoms with Gasteiger partial charge in [0, 0.05) is 43.6 Å². The van der Waals surface area contributed by atoms with Gasteiger partial charge in [0.05, 0.1) is 30.5 Å². The molecule has 1 aliphatic carbocycles. The third kappa shape index (κ3) is 3.41. The molecule has 3 atom stereocenters. The van der Waals surface area contributed by atoms with Crippen molar-refractivity contribution >= 4 is 17.7 Å². The van der Waals surface area contributed by atoms with E-state index in [1.807, 2.05) is 37.3 Å². The number of carbonyl (C=O) groups is 2. The van der Waals surface area contributed by atoms with Crippen molar-refractivity contribution in [2.24, 2.45) is 11.8 Å². The first-order valence-corrected chi connectivity index (χ1v) is 11.2. The summed E-state index contributed by atoms with van der Waals surface area (Å²) in [4.78, 5) is 31.4. The van der Waals surface area contributed by atoms with E-state index in [1.165, 1.54) is 6.92 Å². The number of aromatic nitrogens is 1. The van der Waals surface area contributed by atoms with E-state index in [0.29, 0.717) is 19.6 Å². The molecule has 9 heteroatoms. The number of cyclic esters (lactones) is 1. The molecule has 9 nitrogen and oxygen atoms in total. The number of amides is 2. The Morgan fingerprint density at radius 1 is 1.21 bits per heavy atom. The maximum atomic E-state index is 12.4. The number of rotatable bonds is 5. The van der Waals surface area contributed by atoms with Gasteiger partial charge in [-0.05, 0) is 36.2 Å². The van der Waals surface area contributed by atoms with Crippen LogP contribution in [0.1, 0.15) is 18.2 Å². The van der Waals surface area contributed by atoms with Gasteiger partial charge in [-0.3, -0.25) is 14.7 Å². The summed E-state index contributed by atoms with van der Waals surface area (Å²) in [5.41, 5.74) is 3.74. The van der Waals surface area contributed by atoms with Gasteiger partial charge in [-0.1, -0.05) is 12.1 Å². The average Bonchev–Trinajstić information content (AvgIpc) is 3.11. The van der Waals surface area contributed by atoms with E-state index in [0.717, 1.165) is 28.1 Å². The van der Waals surface area contributed by atoms with Gasteiger partial charge in [0.25, 0.3) is 0 Å². The molecule has 2 saturated heterocycles. The summed E-state index contributed by atoms with van der Waals surface area (Å²) in [5.74, 6) is 0.155. The highest BCUT2D eigenvalue weighted by Gasteiger charge is 2.71. The maximum Gasteiger partial charge on any atom is 0.414 e. The van der Waals surface area contributed by atoms with Crippen LogP contribution in [0.15, 0.2) is 36.5 Å². The zero-order valence-electron chi connectivity index (χ0n) is 19.0. The van der Waals surface area contributed by atoms with E-state index in [9.17, 15) is 14.9 Å². The highest BCUT2D eigenvalue weighted by atomic mass is 16.6. The van der Waals surface area contributed by atoms with Gasteiger partial charge in [0.2, 0.25) is 5.91 Å². The molecule has 34 heavy (non-hydrogen) atoms. The fourth-order valence-corrected chi connectivity index (χ4v) is 5.34. The Labute approximate surface area is 197 Å². The number of aryl methyl sites for hydroxylation is 1. The van der Waals surface area contributed by atoms with Crippen LogP contribution in [0.5, 0.6) is 0 Å². The van der Waals surface area contributed by atoms with Crippen LogP contribution < -0.4 is 10.2 Å². The van der Waals surface area contributed by atoms with Crippen molar-refractivity contribution in [1.82, 2.24) is 15.2 Å². The van der Waals surface area contributed by atoms with E-state index in [2.05, 4.69) is 22.6 Å². The van der Waals surface area contributed by atoms with E-state index in [1.54, 1.807) is 16.0 Å². The molecule has 0 bridgehead atoms. The third-order valence-corrected chi connectivity index (χ3v) is 7.17. The van der Waals surface area contributed by atoms with Gasteiger partial charge in [-0.2, -0.15) is 10.5 Å². The van der Waals surface area contributed by atoms with Crippen molar-refractivity contribution < 1.29 is 14.3 Å². The van der Waals surface area contributed by atoms with E-state index in [-0.39, 0.29) is 30.4 Å². The minimum atomic E-state index is -0.588. The number of nitriles is 2. The first-order valence-electron chi connectivity index (χ1n) is 11.2. The molecule has 172 valence electrons. The summed E-state index contributed by atoms with van der Waals surface area (Å²) in [6, 6.07) is 12.2. The summed E-state index contributed by atoms with van der Waals surface area (Å²) >= 11 is 0. The van der Waals surface area contributed by atoms with Crippen LogP contribution in [0.4, 0.5) is 10.5 Å². The monoisotopic (exact) mass is 456 g/mol. The van der Waals surface area contributed by atoms with Crippen molar-refractivity contribution in [1.29, 1.82) is 10.5 Å². The topological polar surface area (TPSA) is 122 Å². The normalized spacial score (nSPS) is 26.9. The maximum absolute atomic E-state index is 12.4. The number of pyridine rings is 1. The molecule has 2 aliphatic heterocycles. The molecule has 0 spiro atoms. The Morgan fingerprint density at radius 2 is 1.94 bits per heavy atom. The number of hydrogen-bond donors (Lipinski definition) is 1. The van der Waals surface area contributed by atoms with Crippen LogP contribution in [0.2, 0.25) is 0 Å². The third-order valence-electron chi connectivity index (χ3n) is 7.17.